The summed E-state index contributed by atoms with van der Waals surface area (Å²) < 4.78 is 47.8. The van der Waals surface area contributed by atoms with Crippen molar-refractivity contribution in [3.63, 3.8) is 0 Å². The molecule has 5 rings (SSSR count). The van der Waals surface area contributed by atoms with Crippen molar-refractivity contribution in [2.24, 2.45) is 0 Å². The van der Waals surface area contributed by atoms with Gasteiger partial charge in [0.05, 0.1) is 20.8 Å². The first-order chi connectivity index (χ1) is 17.4. The molecule has 1 aliphatic heterocycles. The van der Waals surface area contributed by atoms with E-state index in [0.29, 0.717) is 23.3 Å². The molecule has 36 heavy (non-hydrogen) atoms. The molecule has 2 aromatic heterocycles. The lowest BCUT2D eigenvalue weighted by Crippen LogP contribution is -2.44. The lowest BCUT2D eigenvalue weighted by molar-refractivity contribution is 0.312. The van der Waals surface area contributed by atoms with Crippen molar-refractivity contribution < 1.29 is 22.4 Å². The summed E-state index contributed by atoms with van der Waals surface area (Å²) >= 11 is 0. The zero-order valence-corrected chi connectivity index (χ0v) is 21.2. The SMILES string of the molecule is COc1ccc(N2CCN(C)CC2)cc1S(=O)(=O)Nc1noc2cc(Cn3cccn3)cc(OC)c12. The van der Waals surface area contributed by atoms with Gasteiger partial charge < -0.3 is 23.8 Å². The van der Waals surface area contributed by atoms with Gasteiger partial charge in [0.2, 0.25) is 0 Å². The molecule has 0 saturated carbocycles. The molecule has 1 fully saturated rings. The molecule has 1 saturated heterocycles. The van der Waals surface area contributed by atoms with Gasteiger partial charge in [-0.15, -0.1) is 0 Å². The van der Waals surface area contributed by atoms with Gasteiger partial charge in [0.15, 0.2) is 11.4 Å². The average molecular weight is 513 g/mol. The minimum absolute atomic E-state index is 0.0202. The number of rotatable bonds is 8. The molecule has 3 heterocycles. The molecule has 0 bridgehead atoms. The van der Waals surface area contributed by atoms with Gasteiger partial charge in [-0.2, -0.15) is 5.10 Å². The maximum absolute atomic E-state index is 13.5. The maximum atomic E-state index is 13.5. The Balaban J connectivity index is 1.48. The predicted molar refractivity (Wildman–Crippen MR) is 135 cm³/mol. The fraction of sp³-hybridized carbons (Fsp3) is 0.333. The van der Waals surface area contributed by atoms with Crippen LogP contribution in [0.25, 0.3) is 11.0 Å². The molecular formula is C24H28N6O5S. The number of methoxy groups -OCH3 is 2. The molecule has 0 atom stereocenters. The first-order valence-corrected chi connectivity index (χ1v) is 12.9. The Morgan fingerprint density at radius 3 is 2.53 bits per heavy atom. The van der Waals surface area contributed by atoms with E-state index in [0.717, 1.165) is 37.4 Å². The Labute approximate surface area is 209 Å². The molecule has 0 unspecified atom stereocenters. The standard InChI is InChI=1S/C24H28N6O5S/c1-28-9-11-29(12-10-28)18-5-6-19(33-2)22(15-18)36(31,32)27-24-23-20(34-3)13-17(14-21(23)35-26-24)16-30-8-4-7-25-30/h4-8,13-15H,9-12,16H2,1-3H3,(H,26,27). The summed E-state index contributed by atoms with van der Waals surface area (Å²) in [6.07, 6.45) is 3.55. The number of ether oxygens (including phenoxy) is 2. The van der Waals surface area contributed by atoms with Crippen molar-refractivity contribution in [3.05, 3.63) is 54.4 Å². The number of fused-ring (bicyclic) bond motifs is 1. The largest absolute Gasteiger partial charge is 0.496 e. The monoisotopic (exact) mass is 512 g/mol. The zero-order valence-electron chi connectivity index (χ0n) is 20.3. The molecule has 190 valence electrons. The van der Waals surface area contributed by atoms with Crippen LogP contribution in [0.3, 0.4) is 0 Å². The number of likely N-dealkylation sites (N-methyl/N-ethyl adjacent to an activating group) is 1. The number of hydrogen-bond acceptors (Lipinski definition) is 9. The average Bonchev–Trinajstić information content (AvgIpc) is 3.53. The lowest BCUT2D eigenvalue weighted by Gasteiger charge is -2.34. The second-order valence-corrected chi connectivity index (χ2v) is 10.3. The van der Waals surface area contributed by atoms with Crippen LogP contribution in [0.2, 0.25) is 0 Å². The van der Waals surface area contributed by atoms with Gasteiger partial charge in [-0.05, 0) is 49.0 Å². The Bertz CT molecular complexity index is 1460. The van der Waals surface area contributed by atoms with Gasteiger partial charge in [0.25, 0.3) is 10.0 Å². The van der Waals surface area contributed by atoms with E-state index in [2.05, 4.69) is 31.8 Å². The van der Waals surface area contributed by atoms with E-state index < -0.39 is 10.0 Å². The number of nitrogens with one attached hydrogen (secondary N) is 1. The number of anilines is 2. The van der Waals surface area contributed by atoms with Crippen LogP contribution >= 0.6 is 0 Å². The third kappa shape index (κ3) is 4.69. The van der Waals surface area contributed by atoms with Crippen molar-refractivity contribution in [2.45, 2.75) is 11.4 Å². The molecule has 1 N–H and O–H groups in total. The number of nitrogens with zero attached hydrogens (tertiary/aromatic N) is 5. The highest BCUT2D eigenvalue weighted by molar-refractivity contribution is 7.92. The van der Waals surface area contributed by atoms with E-state index in [1.807, 2.05) is 24.4 Å². The zero-order chi connectivity index (χ0) is 25.3. The maximum Gasteiger partial charge on any atom is 0.266 e. The third-order valence-corrected chi connectivity index (χ3v) is 7.62. The van der Waals surface area contributed by atoms with Crippen molar-refractivity contribution in [1.29, 1.82) is 0 Å². The van der Waals surface area contributed by atoms with Crippen LogP contribution < -0.4 is 19.1 Å². The number of aromatic nitrogens is 3. The molecule has 11 nitrogen and oxygen atoms in total. The summed E-state index contributed by atoms with van der Waals surface area (Å²) in [7, 11) is 0.960. The van der Waals surface area contributed by atoms with E-state index in [1.54, 1.807) is 29.1 Å². The van der Waals surface area contributed by atoms with Crippen LogP contribution in [0.15, 0.2) is 58.2 Å². The quantitative estimate of drug-likeness (QED) is 0.380. The highest BCUT2D eigenvalue weighted by Gasteiger charge is 2.26. The summed E-state index contributed by atoms with van der Waals surface area (Å²) in [5, 5.41) is 8.65. The topological polar surface area (TPSA) is 115 Å². The van der Waals surface area contributed by atoms with Gasteiger partial charge in [0.1, 0.15) is 21.8 Å². The molecule has 12 heteroatoms. The van der Waals surface area contributed by atoms with Crippen LogP contribution in [0.5, 0.6) is 11.5 Å². The molecule has 0 amide bonds. The van der Waals surface area contributed by atoms with Crippen molar-refractivity contribution in [1.82, 2.24) is 19.8 Å². The third-order valence-electron chi connectivity index (χ3n) is 6.26. The Kier molecular flexibility index (Phi) is 6.46. The van der Waals surface area contributed by atoms with E-state index in [-0.39, 0.29) is 16.5 Å². The lowest BCUT2D eigenvalue weighted by atomic mass is 10.1. The van der Waals surface area contributed by atoms with E-state index in [4.69, 9.17) is 14.0 Å². The summed E-state index contributed by atoms with van der Waals surface area (Å²) in [6, 6.07) is 10.6. The second-order valence-electron chi connectivity index (χ2n) is 8.64. The van der Waals surface area contributed by atoms with E-state index in [9.17, 15) is 8.42 Å². The smallest absolute Gasteiger partial charge is 0.266 e. The van der Waals surface area contributed by atoms with E-state index in [1.165, 1.54) is 14.2 Å². The summed E-state index contributed by atoms with van der Waals surface area (Å²) in [4.78, 5) is 4.42. The minimum atomic E-state index is -4.07. The van der Waals surface area contributed by atoms with Gasteiger partial charge in [0, 0.05) is 44.3 Å². The first-order valence-electron chi connectivity index (χ1n) is 11.5. The molecule has 2 aromatic carbocycles. The number of sulfonamides is 1. The Hall–Kier alpha value is -3.77. The van der Waals surface area contributed by atoms with E-state index >= 15 is 0 Å². The Morgan fingerprint density at radius 1 is 1.06 bits per heavy atom. The van der Waals surface area contributed by atoms with Gasteiger partial charge in [-0.1, -0.05) is 5.16 Å². The summed E-state index contributed by atoms with van der Waals surface area (Å²) in [6.45, 7) is 3.92. The van der Waals surface area contributed by atoms with Crippen molar-refractivity contribution in [2.75, 3.05) is 57.1 Å². The molecule has 0 spiro atoms. The fourth-order valence-corrected chi connectivity index (χ4v) is 5.51. The van der Waals surface area contributed by atoms with Crippen molar-refractivity contribution in [3.8, 4) is 11.5 Å². The molecule has 0 radical (unpaired) electrons. The first kappa shape index (κ1) is 23.9. The number of hydrogen-bond donors (Lipinski definition) is 1. The molecule has 4 aromatic rings. The van der Waals surface area contributed by atoms with Crippen LogP contribution in [0.4, 0.5) is 11.5 Å². The van der Waals surface area contributed by atoms with Crippen LogP contribution in [-0.2, 0) is 16.6 Å². The summed E-state index contributed by atoms with van der Waals surface area (Å²) in [5.74, 6) is 0.716. The fourth-order valence-electron chi connectivity index (χ4n) is 4.31. The number of piperazine rings is 1. The summed E-state index contributed by atoms with van der Waals surface area (Å²) in [5.41, 5.74) is 2.08. The molecular weight excluding hydrogens is 484 g/mol. The van der Waals surface area contributed by atoms with Gasteiger partial charge >= 0.3 is 0 Å². The molecule has 0 aliphatic carbocycles. The highest BCUT2D eigenvalue weighted by atomic mass is 32.2. The minimum Gasteiger partial charge on any atom is -0.496 e. The highest BCUT2D eigenvalue weighted by Crippen LogP contribution is 2.36. The second kappa shape index (κ2) is 9.70. The van der Waals surface area contributed by atoms with Gasteiger partial charge in [-0.3, -0.25) is 9.40 Å². The molecule has 1 aliphatic rings. The normalized spacial score (nSPS) is 14.8. The van der Waals surface area contributed by atoms with Gasteiger partial charge in [-0.25, -0.2) is 8.42 Å². The predicted octanol–water partition coefficient (Wildman–Crippen LogP) is 2.64. The van der Waals surface area contributed by atoms with Crippen LogP contribution in [0.1, 0.15) is 5.56 Å². The Morgan fingerprint density at radius 2 is 1.83 bits per heavy atom. The van der Waals surface area contributed by atoms with Crippen molar-refractivity contribution >= 4 is 32.5 Å². The van der Waals surface area contributed by atoms with Crippen LogP contribution in [0, 0.1) is 0 Å². The van der Waals surface area contributed by atoms with Crippen LogP contribution in [-0.4, -0.2) is 75.7 Å². The number of benzene rings is 2.